The fourth-order valence-electron chi connectivity index (χ4n) is 1.77. The minimum atomic E-state index is -0.905. The topological polar surface area (TPSA) is 17.1 Å². The molecule has 1 aromatic carbocycles. The number of allylic oxidation sites excluding steroid dienone is 1. The van der Waals surface area contributed by atoms with Gasteiger partial charge in [0.05, 0.1) is 0 Å². The zero-order valence-electron chi connectivity index (χ0n) is 10.4. The zero-order chi connectivity index (χ0) is 13.4. The Morgan fingerprint density at radius 3 is 2.72 bits per heavy atom. The Balaban J connectivity index is 2.36. The van der Waals surface area contributed by atoms with E-state index in [1.165, 1.54) is 12.1 Å². The van der Waals surface area contributed by atoms with Gasteiger partial charge in [0.2, 0.25) is 0 Å². The molecule has 0 amide bonds. The highest BCUT2D eigenvalue weighted by Gasteiger charge is 2.11. The Kier molecular flexibility index (Phi) is 6.26. The number of hydrogen-bond donors (Lipinski definition) is 0. The van der Waals surface area contributed by atoms with E-state index in [2.05, 4.69) is 6.58 Å². The number of hydrogen-bond acceptors (Lipinski definition) is 1. The number of carbonyl (C=O) groups excluding carboxylic acids is 1. The van der Waals surface area contributed by atoms with Crippen molar-refractivity contribution in [1.82, 2.24) is 0 Å². The molecule has 1 nitrogen and oxygen atoms in total. The number of unbranched alkanes of at least 4 members (excludes halogenated alkanes) is 3. The highest BCUT2D eigenvalue weighted by molar-refractivity contribution is 5.80. The van der Waals surface area contributed by atoms with Crippen LogP contribution in [0.5, 0.6) is 0 Å². The molecule has 0 saturated heterocycles. The van der Waals surface area contributed by atoms with Crippen LogP contribution in [0.3, 0.4) is 0 Å². The second-order valence-corrected chi connectivity index (χ2v) is 4.32. The second kappa shape index (κ2) is 7.75. The van der Waals surface area contributed by atoms with E-state index in [4.69, 9.17) is 0 Å². The Morgan fingerprint density at radius 1 is 1.22 bits per heavy atom. The predicted octanol–water partition coefficient (Wildman–Crippen LogP) is 4.21. The summed E-state index contributed by atoms with van der Waals surface area (Å²) >= 11 is 0. The fraction of sp³-hybridized carbons (Fsp3) is 0.400. The molecule has 0 aromatic heterocycles. The third kappa shape index (κ3) is 4.78. The molecular formula is C15H18F2O. The van der Waals surface area contributed by atoms with Crippen LogP contribution in [-0.4, -0.2) is 5.78 Å². The van der Waals surface area contributed by atoms with Gasteiger partial charge in [0.1, 0.15) is 5.78 Å². The van der Waals surface area contributed by atoms with Gasteiger partial charge in [-0.05, 0) is 30.9 Å². The first-order chi connectivity index (χ1) is 8.65. The fourth-order valence-corrected chi connectivity index (χ4v) is 1.77. The highest BCUT2D eigenvalue weighted by Crippen LogP contribution is 2.13. The lowest BCUT2D eigenvalue weighted by Gasteiger charge is -2.03. The molecule has 1 rings (SSSR count). The summed E-state index contributed by atoms with van der Waals surface area (Å²) < 4.78 is 26.2. The van der Waals surface area contributed by atoms with Crippen LogP contribution < -0.4 is 0 Å². The summed E-state index contributed by atoms with van der Waals surface area (Å²) in [4.78, 5) is 11.6. The normalized spacial score (nSPS) is 10.3. The number of ketones is 1. The van der Waals surface area contributed by atoms with Crippen LogP contribution >= 0.6 is 0 Å². The summed E-state index contributed by atoms with van der Waals surface area (Å²) in [6, 6.07) is 3.93. The summed E-state index contributed by atoms with van der Waals surface area (Å²) in [6.45, 7) is 3.62. The third-order valence-electron chi connectivity index (χ3n) is 2.78. The van der Waals surface area contributed by atoms with Gasteiger partial charge in [0.25, 0.3) is 0 Å². The van der Waals surface area contributed by atoms with Gasteiger partial charge in [0.15, 0.2) is 11.6 Å². The molecule has 0 bridgehead atoms. The van der Waals surface area contributed by atoms with Gasteiger partial charge in [-0.15, -0.1) is 6.58 Å². The number of rotatable bonds is 8. The predicted molar refractivity (Wildman–Crippen MR) is 68.4 cm³/mol. The molecule has 0 unspecified atom stereocenters. The van der Waals surface area contributed by atoms with Crippen molar-refractivity contribution in [2.24, 2.45) is 0 Å². The van der Waals surface area contributed by atoms with Gasteiger partial charge in [-0.25, -0.2) is 8.78 Å². The van der Waals surface area contributed by atoms with Crippen LogP contribution in [0.15, 0.2) is 30.9 Å². The maximum absolute atomic E-state index is 13.3. The van der Waals surface area contributed by atoms with Gasteiger partial charge >= 0.3 is 0 Å². The van der Waals surface area contributed by atoms with Crippen molar-refractivity contribution in [1.29, 1.82) is 0 Å². The SMILES string of the molecule is C=CCCCCCC(=O)Cc1cccc(F)c1F. The molecule has 0 spiro atoms. The molecule has 98 valence electrons. The molecule has 0 aliphatic rings. The molecule has 0 N–H and O–H groups in total. The molecule has 0 atom stereocenters. The molecule has 0 fully saturated rings. The van der Waals surface area contributed by atoms with Crippen LogP contribution in [0.25, 0.3) is 0 Å². The van der Waals surface area contributed by atoms with Crippen molar-refractivity contribution < 1.29 is 13.6 Å². The molecule has 1 aromatic rings. The van der Waals surface area contributed by atoms with Crippen LogP contribution in [0.1, 0.15) is 37.7 Å². The first-order valence-corrected chi connectivity index (χ1v) is 6.20. The number of halogens is 2. The third-order valence-corrected chi connectivity index (χ3v) is 2.78. The summed E-state index contributed by atoms with van der Waals surface area (Å²) in [6.07, 6.45) is 5.98. The van der Waals surface area contributed by atoms with E-state index in [-0.39, 0.29) is 17.8 Å². The van der Waals surface area contributed by atoms with Gasteiger partial charge < -0.3 is 0 Å². The maximum Gasteiger partial charge on any atom is 0.162 e. The van der Waals surface area contributed by atoms with E-state index in [1.807, 2.05) is 6.08 Å². The smallest absolute Gasteiger partial charge is 0.162 e. The average Bonchev–Trinajstić information content (AvgIpc) is 2.35. The standard InChI is InChI=1S/C15H18F2O/c1-2-3-4-5-6-9-13(18)11-12-8-7-10-14(16)15(12)17/h2,7-8,10H,1,3-6,9,11H2. The lowest BCUT2D eigenvalue weighted by atomic mass is 10.0. The largest absolute Gasteiger partial charge is 0.299 e. The maximum atomic E-state index is 13.3. The van der Waals surface area contributed by atoms with Crippen molar-refractivity contribution in [3.63, 3.8) is 0 Å². The van der Waals surface area contributed by atoms with Crippen molar-refractivity contribution in [2.75, 3.05) is 0 Å². The van der Waals surface area contributed by atoms with E-state index in [1.54, 1.807) is 0 Å². The van der Waals surface area contributed by atoms with Crippen molar-refractivity contribution in [3.8, 4) is 0 Å². The first-order valence-electron chi connectivity index (χ1n) is 6.20. The first kappa shape index (κ1) is 14.6. The molecule has 3 heteroatoms. The zero-order valence-corrected chi connectivity index (χ0v) is 10.4. The number of benzene rings is 1. The quantitative estimate of drug-likeness (QED) is 0.500. The summed E-state index contributed by atoms with van der Waals surface area (Å²) in [5, 5.41) is 0. The lowest BCUT2D eigenvalue weighted by molar-refractivity contribution is -0.118. The summed E-state index contributed by atoms with van der Waals surface area (Å²) in [7, 11) is 0. The molecule has 0 radical (unpaired) electrons. The molecular weight excluding hydrogens is 234 g/mol. The highest BCUT2D eigenvalue weighted by atomic mass is 19.2. The molecule has 0 aliphatic heterocycles. The summed E-state index contributed by atoms with van der Waals surface area (Å²) in [5.41, 5.74) is 0.145. The van der Waals surface area contributed by atoms with Crippen molar-refractivity contribution in [2.45, 2.75) is 38.5 Å². The minimum Gasteiger partial charge on any atom is -0.299 e. The van der Waals surface area contributed by atoms with Crippen LogP contribution in [0.2, 0.25) is 0 Å². The van der Waals surface area contributed by atoms with Gasteiger partial charge in [-0.2, -0.15) is 0 Å². The van der Waals surface area contributed by atoms with Crippen LogP contribution in [0.4, 0.5) is 8.78 Å². The van der Waals surface area contributed by atoms with Crippen molar-refractivity contribution in [3.05, 3.63) is 48.1 Å². The Labute approximate surface area is 107 Å². The van der Waals surface area contributed by atoms with E-state index >= 15 is 0 Å². The summed E-state index contributed by atoms with van der Waals surface area (Å²) in [5.74, 6) is -1.85. The molecule has 0 heterocycles. The number of Topliss-reactive ketones (excluding diaryl/α,β-unsaturated/α-hetero) is 1. The van der Waals surface area contributed by atoms with Crippen molar-refractivity contribution >= 4 is 5.78 Å². The van der Waals surface area contributed by atoms with Gasteiger partial charge in [-0.1, -0.05) is 24.6 Å². The second-order valence-electron chi connectivity index (χ2n) is 4.32. The lowest BCUT2D eigenvalue weighted by Crippen LogP contribution is -2.05. The Hall–Kier alpha value is -1.51. The molecule has 0 aliphatic carbocycles. The molecule has 0 saturated carbocycles. The number of carbonyl (C=O) groups is 1. The van der Waals surface area contributed by atoms with Gasteiger partial charge in [0, 0.05) is 12.8 Å². The van der Waals surface area contributed by atoms with E-state index in [9.17, 15) is 13.6 Å². The van der Waals surface area contributed by atoms with Crippen LogP contribution in [-0.2, 0) is 11.2 Å². The minimum absolute atomic E-state index is 0.0228. The van der Waals surface area contributed by atoms with Crippen LogP contribution in [0, 0.1) is 11.6 Å². The Bertz CT molecular complexity index is 413. The van der Waals surface area contributed by atoms with E-state index in [0.717, 1.165) is 31.7 Å². The van der Waals surface area contributed by atoms with E-state index < -0.39 is 11.6 Å². The Morgan fingerprint density at radius 2 is 2.00 bits per heavy atom. The van der Waals surface area contributed by atoms with Gasteiger partial charge in [-0.3, -0.25) is 4.79 Å². The molecule has 18 heavy (non-hydrogen) atoms. The van der Waals surface area contributed by atoms with E-state index in [0.29, 0.717) is 6.42 Å². The average molecular weight is 252 g/mol. The monoisotopic (exact) mass is 252 g/mol.